The molecule has 2 amide bonds. The zero-order valence-electron chi connectivity index (χ0n) is 18.5. The Morgan fingerprint density at radius 3 is 2.34 bits per heavy atom. The van der Waals surface area contributed by atoms with Crippen molar-refractivity contribution in [1.29, 1.82) is 0 Å². The van der Waals surface area contributed by atoms with Gasteiger partial charge in [0, 0.05) is 58.5 Å². The van der Waals surface area contributed by atoms with Gasteiger partial charge in [-0.05, 0) is 45.7 Å². The van der Waals surface area contributed by atoms with Crippen LogP contribution in [-0.2, 0) is 14.3 Å². The third kappa shape index (κ3) is 6.40. The highest BCUT2D eigenvalue weighted by molar-refractivity contribution is 5.79. The first-order valence-electron chi connectivity index (χ1n) is 11.7. The third-order valence-electron chi connectivity index (χ3n) is 6.82. The monoisotopic (exact) mass is 408 g/mol. The first-order chi connectivity index (χ1) is 14.1. The van der Waals surface area contributed by atoms with E-state index in [1.807, 2.05) is 4.90 Å². The third-order valence-corrected chi connectivity index (χ3v) is 6.82. The van der Waals surface area contributed by atoms with E-state index in [-0.39, 0.29) is 18.4 Å². The summed E-state index contributed by atoms with van der Waals surface area (Å²) < 4.78 is 5.49. The molecule has 0 aromatic rings. The summed E-state index contributed by atoms with van der Waals surface area (Å²) in [6.45, 7) is 10.3. The first kappa shape index (κ1) is 22.5. The predicted octanol–water partition coefficient (Wildman–Crippen LogP) is 1.28. The number of piperidine rings is 2. The molecule has 0 aliphatic carbocycles. The lowest BCUT2D eigenvalue weighted by Gasteiger charge is -2.43. The maximum absolute atomic E-state index is 13.0. The van der Waals surface area contributed by atoms with E-state index in [0.29, 0.717) is 18.6 Å². The van der Waals surface area contributed by atoms with Crippen molar-refractivity contribution in [3.63, 3.8) is 0 Å². The highest BCUT2D eigenvalue weighted by Gasteiger charge is 2.34. The molecular weight excluding hydrogens is 368 g/mol. The standard InChI is InChI=1S/C22H40N4O3/c1-3-4-16-29-18-21(27)24-10-7-20(8-11-24)26-9-5-6-19(17-26)22(28)25-14-12-23(2)13-15-25/h19-20H,3-18H2,1-2H3/t19-/m0/s1. The van der Waals surface area contributed by atoms with Gasteiger partial charge in [-0.15, -0.1) is 0 Å². The summed E-state index contributed by atoms with van der Waals surface area (Å²) >= 11 is 0. The highest BCUT2D eigenvalue weighted by atomic mass is 16.5. The van der Waals surface area contributed by atoms with E-state index in [4.69, 9.17) is 4.74 Å². The molecule has 3 fully saturated rings. The van der Waals surface area contributed by atoms with Gasteiger partial charge in [0.1, 0.15) is 6.61 Å². The maximum Gasteiger partial charge on any atom is 0.248 e. The van der Waals surface area contributed by atoms with Crippen molar-refractivity contribution in [1.82, 2.24) is 19.6 Å². The second-order valence-corrected chi connectivity index (χ2v) is 8.98. The van der Waals surface area contributed by atoms with Crippen LogP contribution in [0.2, 0.25) is 0 Å². The summed E-state index contributed by atoms with van der Waals surface area (Å²) in [5.74, 6) is 0.639. The van der Waals surface area contributed by atoms with Crippen LogP contribution in [0.4, 0.5) is 0 Å². The molecule has 1 atom stereocenters. The zero-order chi connectivity index (χ0) is 20.6. The van der Waals surface area contributed by atoms with E-state index in [9.17, 15) is 9.59 Å². The van der Waals surface area contributed by atoms with Crippen LogP contribution in [-0.4, -0.2) is 110 Å². The average Bonchev–Trinajstić information content (AvgIpc) is 2.77. The number of hydrogen-bond acceptors (Lipinski definition) is 5. The van der Waals surface area contributed by atoms with Gasteiger partial charge in [-0.3, -0.25) is 14.5 Å². The Morgan fingerprint density at radius 2 is 1.66 bits per heavy atom. The van der Waals surface area contributed by atoms with Crippen LogP contribution < -0.4 is 0 Å². The van der Waals surface area contributed by atoms with Crippen LogP contribution in [0.25, 0.3) is 0 Å². The summed E-state index contributed by atoms with van der Waals surface area (Å²) in [6, 6.07) is 0.503. The smallest absolute Gasteiger partial charge is 0.248 e. The van der Waals surface area contributed by atoms with Crippen molar-refractivity contribution in [3.05, 3.63) is 0 Å². The quantitative estimate of drug-likeness (QED) is 0.594. The summed E-state index contributed by atoms with van der Waals surface area (Å²) in [6.07, 6.45) is 6.25. The largest absolute Gasteiger partial charge is 0.372 e. The Labute approximate surface area is 176 Å². The van der Waals surface area contributed by atoms with Crippen molar-refractivity contribution in [2.24, 2.45) is 5.92 Å². The summed E-state index contributed by atoms with van der Waals surface area (Å²) in [7, 11) is 2.12. The fourth-order valence-electron chi connectivity index (χ4n) is 4.80. The lowest BCUT2D eigenvalue weighted by Crippen LogP contribution is -2.54. The number of likely N-dealkylation sites (tertiary alicyclic amines) is 2. The molecule has 0 unspecified atom stereocenters. The fourth-order valence-corrected chi connectivity index (χ4v) is 4.80. The molecular formula is C22H40N4O3. The maximum atomic E-state index is 13.0. The van der Waals surface area contributed by atoms with Gasteiger partial charge >= 0.3 is 0 Å². The summed E-state index contributed by atoms with van der Waals surface area (Å²) in [4.78, 5) is 34.2. The molecule has 3 aliphatic rings. The summed E-state index contributed by atoms with van der Waals surface area (Å²) in [5, 5.41) is 0. The molecule has 7 heteroatoms. The molecule has 0 spiro atoms. The van der Waals surface area contributed by atoms with E-state index in [1.165, 1.54) is 0 Å². The average molecular weight is 409 g/mol. The van der Waals surface area contributed by atoms with Crippen molar-refractivity contribution in [2.45, 2.75) is 51.5 Å². The van der Waals surface area contributed by atoms with Gasteiger partial charge in [-0.2, -0.15) is 0 Å². The number of rotatable bonds is 7. The Bertz CT molecular complexity index is 528. The molecule has 166 valence electrons. The number of hydrogen-bond donors (Lipinski definition) is 0. The number of carbonyl (C=O) groups excluding carboxylic acids is 2. The molecule has 0 radical (unpaired) electrons. The van der Waals surface area contributed by atoms with Gasteiger partial charge in [-0.25, -0.2) is 0 Å². The second-order valence-electron chi connectivity index (χ2n) is 8.98. The van der Waals surface area contributed by atoms with Crippen LogP contribution in [0.3, 0.4) is 0 Å². The van der Waals surface area contributed by atoms with Crippen LogP contribution in [0.1, 0.15) is 45.4 Å². The number of ether oxygens (including phenoxy) is 1. The Morgan fingerprint density at radius 1 is 0.931 bits per heavy atom. The Balaban J connectivity index is 1.41. The zero-order valence-corrected chi connectivity index (χ0v) is 18.5. The van der Waals surface area contributed by atoms with Crippen molar-refractivity contribution < 1.29 is 14.3 Å². The minimum atomic E-state index is 0.126. The van der Waals surface area contributed by atoms with E-state index in [0.717, 1.165) is 90.9 Å². The molecule has 0 saturated carbocycles. The number of piperazine rings is 1. The lowest BCUT2D eigenvalue weighted by atomic mass is 9.92. The minimum absolute atomic E-state index is 0.126. The van der Waals surface area contributed by atoms with Gasteiger partial charge in [0.25, 0.3) is 0 Å². The molecule has 3 saturated heterocycles. The topological polar surface area (TPSA) is 56.3 Å². The minimum Gasteiger partial charge on any atom is -0.372 e. The van der Waals surface area contributed by atoms with E-state index in [1.54, 1.807) is 0 Å². The van der Waals surface area contributed by atoms with Crippen LogP contribution in [0.5, 0.6) is 0 Å². The van der Waals surface area contributed by atoms with E-state index in [2.05, 4.69) is 28.7 Å². The predicted molar refractivity (Wildman–Crippen MR) is 114 cm³/mol. The Kier molecular flexibility index (Phi) is 8.75. The van der Waals surface area contributed by atoms with Crippen molar-refractivity contribution in [2.75, 3.05) is 72.6 Å². The van der Waals surface area contributed by atoms with Crippen molar-refractivity contribution >= 4 is 11.8 Å². The first-order valence-corrected chi connectivity index (χ1v) is 11.7. The van der Waals surface area contributed by atoms with Gasteiger partial charge in [0.05, 0.1) is 5.92 Å². The number of carbonyl (C=O) groups is 2. The number of likely N-dealkylation sites (N-methyl/N-ethyl adjacent to an activating group) is 1. The normalized spacial score (nSPS) is 25.4. The van der Waals surface area contributed by atoms with Crippen molar-refractivity contribution in [3.8, 4) is 0 Å². The van der Waals surface area contributed by atoms with Gasteiger partial charge in [0.15, 0.2) is 0 Å². The molecule has 3 aliphatic heterocycles. The molecule has 0 bridgehead atoms. The van der Waals surface area contributed by atoms with Crippen LogP contribution >= 0.6 is 0 Å². The van der Waals surface area contributed by atoms with Crippen LogP contribution in [0, 0.1) is 5.92 Å². The lowest BCUT2D eigenvalue weighted by molar-refractivity contribution is -0.139. The molecule has 0 aromatic heterocycles. The number of amides is 2. The highest BCUT2D eigenvalue weighted by Crippen LogP contribution is 2.25. The molecule has 0 aromatic carbocycles. The van der Waals surface area contributed by atoms with Gasteiger partial charge in [0.2, 0.25) is 11.8 Å². The second kappa shape index (κ2) is 11.3. The molecule has 29 heavy (non-hydrogen) atoms. The molecule has 0 N–H and O–H groups in total. The van der Waals surface area contributed by atoms with Crippen LogP contribution in [0.15, 0.2) is 0 Å². The molecule has 3 rings (SSSR count). The SMILES string of the molecule is CCCCOCC(=O)N1CCC(N2CCC[C@H](C(=O)N3CCN(C)CC3)C2)CC1. The number of nitrogens with zero attached hydrogens (tertiary/aromatic N) is 4. The Hall–Kier alpha value is -1.18. The molecule has 3 heterocycles. The number of unbranched alkanes of at least 4 members (excludes halogenated alkanes) is 1. The van der Waals surface area contributed by atoms with E-state index < -0.39 is 0 Å². The van der Waals surface area contributed by atoms with Gasteiger partial charge in [-0.1, -0.05) is 13.3 Å². The van der Waals surface area contributed by atoms with E-state index >= 15 is 0 Å². The van der Waals surface area contributed by atoms with Gasteiger partial charge < -0.3 is 19.4 Å². The fraction of sp³-hybridized carbons (Fsp3) is 0.909. The molecule has 7 nitrogen and oxygen atoms in total. The summed E-state index contributed by atoms with van der Waals surface area (Å²) in [5.41, 5.74) is 0.